The lowest BCUT2D eigenvalue weighted by atomic mass is 10.7. The second kappa shape index (κ2) is 3.77. The number of nitrogens with one attached hydrogen (secondary N) is 1. The number of carbonyl (C=O) groups is 1. The minimum absolute atomic E-state index is 0.748. The molecule has 0 aromatic carbocycles. The lowest BCUT2D eigenvalue weighted by Crippen LogP contribution is -2.34. The van der Waals surface area contributed by atoms with Gasteiger partial charge in [-0.2, -0.15) is 0 Å². The predicted octanol–water partition coefficient (Wildman–Crippen LogP) is -0.878. The van der Waals surface area contributed by atoms with Crippen LogP contribution in [0.25, 0.3) is 0 Å². The third-order valence-corrected chi connectivity index (χ3v) is 1.97. The van der Waals surface area contributed by atoms with Gasteiger partial charge in [0.2, 0.25) is 5.78 Å². The van der Waals surface area contributed by atoms with E-state index in [1.807, 2.05) is 5.32 Å². The van der Waals surface area contributed by atoms with Gasteiger partial charge >= 0.3 is 13.6 Å². The van der Waals surface area contributed by atoms with Crippen LogP contribution < -0.4 is 5.32 Å². The van der Waals surface area contributed by atoms with E-state index in [2.05, 4.69) is 12.2 Å². The highest BCUT2D eigenvalue weighted by atomic mass is 32.1. The normalized spacial score (nSPS) is 13.6. The van der Waals surface area contributed by atoms with E-state index in [-0.39, 0.29) is 0 Å². The van der Waals surface area contributed by atoms with Gasteiger partial charge in [0.05, 0.1) is 5.49 Å². The summed E-state index contributed by atoms with van der Waals surface area (Å²) in [6, 6.07) is 0. The fraction of sp³-hybridized carbons (Fsp3) is 0.333. The van der Waals surface area contributed by atoms with Crippen molar-refractivity contribution < 1.29 is 24.3 Å². The van der Waals surface area contributed by atoms with Crippen molar-refractivity contribution in [2.45, 2.75) is 5.78 Å². The lowest BCUT2D eigenvalue weighted by molar-refractivity contribution is -0.137. The molecule has 0 amide bonds. The minimum atomic E-state index is -4.66. The maximum Gasteiger partial charge on any atom is 0.359 e. The molecule has 0 aliphatic heterocycles. The van der Waals surface area contributed by atoms with Crippen LogP contribution in [0.2, 0.25) is 0 Å². The first-order valence-corrected chi connectivity index (χ1v) is 4.52. The molecule has 64 valence electrons. The maximum absolute atomic E-state index is 10.3. The second-order valence-corrected chi connectivity index (χ2v) is 3.54. The fourth-order valence-electron chi connectivity index (χ4n) is 0.377. The first kappa shape index (κ1) is 10.5. The molecule has 0 bridgehead atoms. The molecule has 8 heteroatoms. The first-order chi connectivity index (χ1) is 4.89. The van der Waals surface area contributed by atoms with Crippen LogP contribution in [-0.4, -0.2) is 32.1 Å². The molecule has 1 atom stereocenters. The van der Waals surface area contributed by atoms with Gasteiger partial charge in [0, 0.05) is 0 Å². The van der Waals surface area contributed by atoms with Crippen molar-refractivity contribution in [3.8, 4) is 0 Å². The highest BCUT2D eigenvalue weighted by molar-refractivity contribution is 7.78. The molecule has 0 rings (SSSR count). The Balaban J connectivity index is 4.47. The predicted molar refractivity (Wildman–Crippen MR) is 40.3 cm³/mol. The lowest BCUT2D eigenvalue weighted by Gasteiger charge is -2.12. The topological polar surface area (TPSA) is 107 Å². The molecule has 1 unspecified atom stereocenters. The Morgan fingerprint density at radius 2 is 2.09 bits per heavy atom. The molecule has 0 saturated heterocycles. The van der Waals surface area contributed by atoms with Crippen molar-refractivity contribution in [1.29, 1.82) is 0 Å². The van der Waals surface area contributed by atoms with Crippen LogP contribution in [0.1, 0.15) is 0 Å². The van der Waals surface area contributed by atoms with E-state index in [1.54, 1.807) is 0 Å². The van der Waals surface area contributed by atoms with E-state index < -0.39 is 19.3 Å². The van der Waals surface area contributed by atoms with Crippen molar-refractivity contribution in [3.05, 3.63) is 0 Å². The molecule has 11 heavy (non-hydrogen) atoms. The Morgan fingerprint density at radius 3 is 2.18 bits per heavy atom. The third kappa shape index (κ3) is 3.43. The summed E-state index contributed by atoms with van der Waals surface area (Å²) in [6.07, 6.45) is 0. The fourth-order valence-corrected chi connectivity index (χ4v) is 1.17. The molecule has 0 saturated carbocycles. The highest BCUT2D eigenvalue weighted by Gasteiger charge is 2.34. The molecule has 0 aromatic heterocycles. The van der Waals surface area contributed by atoms with Gasteiger partial charge in [-0.25, -0.2) is 4.79 Å². The minimum Gasteiger partial charge on any atom is -0.479 e. The molecule has 0 aliphatic carbocycles. The number of carboxylic acid groups (broad SMARTS) is 1. The Bertz CT molecular complexity index is 212. The van der Waals surface area contributed by atoms with Gasteiger partial charge in [0.1, 0.15) is 0 Å². The highest BCUT2D eigenvalue weighted by Crippen LogP contribution is 2.39. The van der Waals surface area contributed by atoms with E-state index >= 15 is 0 Å². The Kier molecular flexibility index (Phi) is 3.61. The summed E-state index contributed by atoms with van der Waals surface area (Å²) in [6.45, 7) is 0. The van der Waals surface area contributed by atoms with Crippen LogP contribution in [0.3, 0.4) is 0 Å². The molecule has 0 spiro atoms. The average molecular weight is 199 g/mol. The molecule has 0 aliphatic rings. The van der Waals surface area contributed by atoms with Crippen molar-refractivity contribution in [3.63, 3.8) is 0 Å². The molecule has 0 radical (unpaired) electrons. The van der Waals surface area contributed by atoms with E-state index in [1.165, 1.54) is 0 Å². The number of aliphatic carboxylic acids is 1. The van der Waals surface area contributed by atoms with E-state index in [0.717, 1.165) is 5.49 Å². The van der Waals surface area contributed by atoms with Crippen LogP contribution in [-0.2, 0) is 9.36 Å². The quantitative estimate of drug-likeness (QED) is 0.344. The molecule has 0 aromatic rings. The number of hydrogen-bond acceptors (Lipinski definition) is 3. The van der Waals surface area contributed by atoms with Crippen molar-refractivity contribution in [1.82, 2.24) is 5.32 Å². The van der Waals surface area contributed by atoms with Crippen molar-refractivity contribution in [2.24, 2.45) is 0 Å². The van der Waals surface area contributed by atoms with Gasteiger partial charge in [0.25, 0.3) is 0 Å². The number of hydrogen-bond donors (Lipinski definition) is 4. The van der Waals surface area contributed by atoms with Crippen LogP contribution in [0, 0.1) is 0 Å². The SMILES string of the molecule is O=C(O)C(NC=S)P(=O)(O)O. The van der Waals surface area contributed by atoms with Gasteiger partial charge in [-0.1, -0.05) is 12.2 Å². The summed E-state index contributed by atoms with van der Waals surface area (Å²) in [5, 5.41) is 10.1. The molecular weight excluding hydrogens is 193 g/mol. The number of thiocarbonyl (C=S) groups is 1. The van der Waals surface area contributed by atoms with Crippen LogP contribution in [0.15, 0.2) is 0 Å². The smallest absolute Gasteiger partial charge is 0.359 e. The average Bonchev–Trinajstić information content (AvgIpc) is 1.79. The zero-order valence-electron chi connectivity index (χ0n) is 5.17. The maximum atomic E-state index is 10.3. The Morgan fingerprint density at radius 1 is 1.64 bits per heavy atom. The Hall–Kier alpha value is -0.490. The zero-order valence-corrected chi connectivity index (χ0v) is 6.88. The molecule has 4 N–H and O–H groups in total. The van der Waals surface area contributed by atoms with Gasteiger partial charge in [0.15, 0.2) is 0 Å². The number of rotatable bonds is 4. The standard InChI is InChI=1S/C3H6NO5PS/c5-3(6)2(4-1-11)10(7,8)9/h1-2H,(H,4,11)(H,5,6)(H2,7,8,9). The molecule has 0 fully saturated rings. The molecule has 6 nitrogen and oxygen atoms in total. The number of carboxylic acids is 1. The van der Waals surface area contributed by atoms with Gasteiger partial charge in [-0.05, 0) is 0 Å². The van der Waals surface area contributed by atoms with Crippen LogP contribution in [0.5, 0.6) is 0 Å². The summed E-state index contributed by atoms with van der Waals surface area (Å²) >= 11 is 4.17. The Labute approximate surface area is 67.4 Å². The van der Waals surface area contributed by atoms with Gasteiger partial charge in [-0.15, -0.1) is 0 Å². The first-order valence-electron chi connectivity index (χ1n) is 2.37. The largest absolute Gasteiger partial charge is 0.479 e. The van der Waals surface area contributed by atoms with E-state index in [4.69, 9.17) is 14.9 Å². The molecule has 0 heterocycles. The summed E-state index contributed by atoms with van der Waals surface area (Å²) < 4.78 is 10.3. The van der Waals surface area contributed by atoms with E-state index in [9.17, 15) is 9.36 Å². The van der Waals surface area contributed by atoms with Gasteiger partial charge < -0.3 is 20.2 Å². The summed E-state index contributed by atoms with van der Waals surface area (Å²) in [5.74, 6) is -3.58. The van der Waals surface area contributed by atoms with Crippen molar-refractivity contribution >= 4 is 31.3 Å². The van der Waals surface area contributed by atoms with Crippen LogP contribution >= 0.6 is 19.8 Å². The second-order valence-electron chi connectivity index (χ2n) is 1.61. The van der Waals surface area contributed by atoms with Crippen molar-refractivity contribution in [2.75, 3.05) is 0 Å². The summed E-state index contributed by atoms with van der Waals surface area (Å²) in [7, 11) is -4.66. The molecular formula is C3H6NO5PS. The third-order valence-electron chi connectivity index (χ3n) is 0.796. The van der Waals surface area contributed by atoms with Gasteiger partial charge in [-0.3, -0.25) is 4.57 Å². The van der Waals surface area contributed by atoms with E-state index in [0.29, 0.717) is 0 Å². The van der Waals surface area contributed by atoms with Crippen LogP contribution in [0.4, 0.5) is 0 Å². The zero-order chi connectivity index (χ0) is 9.07. The monoisotopic (exact) mass is 199 g/mol. The summed E-state index contributed by atoms with van der Waals surface area (Å²) in [5.41, 5.74) is 0.748. The summed E-state index contributed by atoms with van der Waals surface area (Å²) in [4.78, 5) is 26.9.